The second kappa shape index (κ2) is 8.65. The fraction of sp³-hybridized carbons (Fsp3) is 0.250. The van der Waals surface area contributed by atoms with Gasteiger partial charge in [-0.05, 0) is 79.5 Å². The number of anilines is 2. The molecule has 0 aliphatic heterocycles. The molecule has 2 unspecified atom stereocenters. The molecule has 35 heavy (non-hydrogen) atoms. The van der Waals surface area contributed by atoms with Crippen LogP contribution in [-0.4, -0.2) is 19.5 Å². The van der Waals surface area contributed by atoms with E-state index in [2.05, 4.69) is 43.9 Å². The molecule has 0 bridgehead atoms. The predicted molar refractivity (Wildman–Crippen MR) is 138 cm³/mol. The zero-order valence-electron chi connectivity index (χ0n) is 19.4. The summed E-state index contributed by atoms with van der Waals surface area (Å²) in [6.45, 7) is 0. The summed E-state index contributed by atoms with van der Waals surface area (Å²) in [6, 6.07) is 17.3. The van der Waals surface area contributed by atoms with Gasteiger partial charge in [-0.3, -0.25) is 0 Å². The van der Waals surface area contributed by atoms with E-state index >= 15 is 0 Å². The molecule has 3 aromatic heterocycles. The summed E-state index contributed by atoms with van der Waals surface area (Å²) in [7, 11) is 0. The molecular weight excluding hydrogens is 439 g/mol. The summed E-state index contributed by atoms with van der Waals surface area (Å²) in [5, 5.41) is 1.96. The quantitative estimate of drug-likeness (QED) is 0.335. The maximum atomic E-state index is 13.3. The fourth-order valence-corrected chi connectivity index (χ4v) is 5.46. The number of nitrogens with two attached hydrogens (primary N) is 2. The van der Waals surface area contributed by atoms with E-state index in [0.717, 1.165) is 58.7 Å². The summed E-state index contributed by atoms with van der Waals surface area (Å²) in [5.41, 5.74) is 17.1. The van der Waals surface area contributed by atoms with Crippen LogP contribution in [0.2, 0.25) is 0 Å². The standard InChI is InChI=1S/C28H27FN6/c29-21-8-6-19(7-9-21)24-15-20-5-3-18(14-25(20)34-27(24)31)2-1-17-4-10-22(13-17)35-12-11-23-26(30)32-16-33-28(23)35/h3,5-9,11-12,14-17,22H,1-2,4,10,13H2,(H2,31,34)(H2,30,32,33). The Balaban J connectivity index is 1.15. The van der Waals surface area contributed by atoms with Gasteiger partial charge >= 0.3 is 0 Å². The Morgan fingerprint density at radius 1 is 0.943 bits per heavy atom. The third-order valence-corrected chi connectivity index (χ3v) is 7.36. The third-order valence-electron chi connectivity index (χ3n) is 7.36. The topological polar surface area (TPSA) is 95.6 Å². The average Bonchev–Trinajstić information content (AvgIpc) is 3.50. The van der Waals surface area contributed by atoms with Crippen molar-refractivity contribution in [2.45, 2.75) is 38.1 Å². The first-order valence-corrected chi connectivity index (χ1v) is 12.1. The summed E-state index contributed by atoms with van der Waals surface area (Å²) in [6.07, 6.45) is 9.31. The lowest BCUT2D eigenvalue weighted by Crippen LogP contribution is -2.06. The molecule has 0 amide bonds. The van der Waals surface area contributed by atoms with Gasteiger partial charge in [-0.2, -0.15) is 0 Å². The number of aryl methyl sites for hydroxylation is 1. The molecular formula is C28H27FN6. The zero-order valence-corrected chi connectivity index (χ0v) is 19.4. The Labute approximate surface area is 202 Å². The van der Waals surface area contributed by atoms with Crippen LogP contribution < -0.4 is 11.5 Å². The fourth-order valence-electron chi connectivity index (χ4n) is 5.46. The van der Waals surface area contributed by atoms with E-state index in [1.165, 1.54) is 24.1 Å². The van der Waals surface area contributed by atoms with E-state index in [1.807, 2.05) is 12.1 Å². The maximum Gasteiger partial charge on any atom is 0.145 e. The van der Waals surface area contributed by atoms with Gasteiger partial charge in [0.05, 0.1) is 10.9 Å². The van der Waals surface area contributed by atoms with Gasteiger partial charge in [-0.25, -0.2) is 19.3 Å². The second-order valence-electron chi connectivity index (χ2n) is 9.55. The van der Waals surface area contributed by atoms with Gasteiger partial charge in [0.15, 0.2) is 0 Å². The first-order chi connectivity index (χ1) is 17.0. The number of fused-ring (bicyclic) bond motifs is 2. The molecule has 0 spiro atoms. The van der Waals surface area contributed by atoms with E-state index in [0.29, 0.717) is 23.6 Å². The number of hydrogen-bond acceptors (Lipinski definition) is 5. The lowest BCUT2D eigenvalue weighted by atomic mass is 9.96. The predicted octanol–water partition coefficient (Wildman–Crippen LogP) is 5.92. The third kappa shape index (κ3) is 4.07. The van der Waals surface area contributed by atoms with Crippen LogP contribution in [0.1, 0.15) is 37.3 Å². The number of halogens is 1. The molecule has 6 nitrogen and oxygen atoms in total. The Morgan fingerprint density at radius 3 is 2.66 bits per heavy atom. The van der Waals surface area contributed by atoms with Crippen LogP contribution in [0.4, 0.5) is 16.0 Å². The number of hydrogen-bond donors (Lipinski definition) is 2. The van der Waals surface area contributed by atoms with E-state index < -0.39 is 0 Å². The highest BCUT2D eigenvalue weighted by atomic mass is 19.1. The van der Waals surface area contributed by atoms with Gasteiger partial charge in [0, 0.05) is 23.2 Å². The van der Waals surface area contributed by atoms with Gasteiger partial charge in [0.1, 0.15) is 29.4 Å². The molecule has 2 atom stereocenters. The van der Waals surface area contributed by atoms with Crippen molar-refractivity contribution in [1.82, 2.24) is 19.5 Å². The molecule has 1 aliphatic carbocycles. The number of aromatic nitrogens is 4. The lowest BCUT2D eigenvalue weighted by molar-refractivity contribution is 0.461. The van der Waals surface area contributed by atoms with Crippen LogP contribution in [0, 0.1) is 11.7 Å². The van der Waals surface area contributed by atoms with Crippen LogP contribution in [0.25, 0.3) is 33.1 Å². The van der Waals surface area contributed by atoms with Gasteiger partial charge < -0.3 is 16.0 Å². The minimum Gasteiger partial charge on any atom is -0.383 e. The van der Waals surface area contributed by atoms with Gasteiger partial charge in [0.2, 0.25) is 0 Å². The maximum absolute atomic E-state index is 13.3. The van der Waals surface area contributed by atoms with Crippen LogP contribution in [-0.2, 0) is 6.42 Å². The summed E-state index contributed by atoms with van der Waals surface area (Å²) >= 11 is 0. The Morgan fingerprint density at radius 2 is 1.80 bits per heavy atom. The Hall–Kier alpha value is -4.00. The number of pyridine rings is 1. The van der Waals surface area contributed by atoms with Gasteiger partial charge in [-0.15, -0.1) is 0 Å². The van der Waals surface area contributed by atoms with E-state index in [9.17, 15) is 4.39 Å². The van der Waals surface area contributed by atoms with Crippen molar-refractivity contribution in [1.29, 1.82) is 0 Å². The minimum atomic E-state index is -0.264. The first-order valence-electron chi connectivity index (χ1n) is 12.1. The second-order valence-corrected chi connectivity index (χ2v) is 9.55. The zero-order chi connectivity index (χ0) is 23.9. The lowest BCUT2D eigenvalue weighted by Gasteiger charge is -2.14. The van der Waals surface area contributed by atoms with Crippen molar-refractivity contribution in [2.24, 2.45) is 5.92 Å². The molecule has 1 saturated carbocycles. The minimum absolute atomic E-state index is 0.264. The molecule has 176 valence electrons. The molecule has 5 aromatic rings. The number of nitrogen functional groups attached to an aromatic ring is 2. The smallest absolute Gasteiger partial charge is 0.145 e. The van der Waals surface area contributed by atoms with Crippen LogP contribution >= 0.6 is 0 Å². The van der Waals surface area contributed by atoms with Crippen molar-refractivity contribution in [3.05, 3.63) is 78.5 Å². The highest BCUT2D eigenvalue weighted by Gasteiger charge is 2.27. The molecule has 3 heterocycles. The van der Waals surface area contributed by atoms with Crippen molar-refractivity contribution in [3.63, 3.8) is 0 Å². The SMILES string of the molecule is Nc1nc2cc(CCC3CCC(n4ccc5c(N)ncnc54)C3)ccc2cc1-c1ccc(F)cc1. The van der Waals surface area contributed by atoms with E-state index in [4.69, 9.17) is 11.5 Å². The molecule has 7 heteroatoms. The largest absolute Gasteiger partial charge is 0.383 e. The summed E-state index contributed by atoms with van der Waals surface area (Å²) < 4.78 is 15.6. The first kappa shape index (κ1) is 21.5. The van der Waals surface area contributed by atoms with Crippen molar-refractivity contribution < 1.29 is 4.39 Å². The molecule has 1 aliphatic rings. The normalized spacial score (nSPS) is 18.0. The Kier molecular flexibility index (Phi) is 5.32. The van der Waals surface area contributed by atoms with E-state index in [1.54, 1.807) is 18.5 Å². The number of nitrogens with zero attached hydrogens (tertiary/aromatic N) is 4. The highest BCUT2D eigenvalue weighted by Crippen LogP contribution is 2.39. The number of rotatable bonds is 5. The molecule has 0 saturated heterocycles. The van der Waals surface area contributed by atoms with Crippen molar-refractivity contribution >= 4 is 33.6 Å². The molecule has 0 radical (unpaired) electrons. The monoisotopic (exact) mass is 466 g/mol. The van der Waals surface area contributed by atoms with Crippen LogP contribution in [0.3, 0.4) is 0 Å². The average molecular weight is 467 g/mol. The van der Waals surface area contributed by atoms with Crippen LogP contribution in [0.15, 0.2) is 67.1 Å². The highest BCUT2D eigenvalue weighted by molar-refractivity contribution is 5.89. The molecule has 2 aromatic carbocycles. The van der Waals surface area contributed by atoms with Crippen molar-refractivity contribution in [2.75, 3.05) is 11.5 Å². The van der Waals surface area contributed by atoms with Gasteiger partial charge in [0.25, 0.3) is 0 Å². The van der Waals surface area contributed by atoms with Crippen molar-refractivity contribution in [3.8, 4) is 11.1 Å². The molecule has 6 rings (SSSR count). The Bertz CT molecular complexity index is 1520. The molecule has 1 fully saturated rings. The number of benzene rings is 2. The van der Waals surface area contributed by atoms with Crippen LogP contribution in [0.5, 0.6) is 0 Å². The van der Waals surface area contributed by atoms with E-state index in [-0.39, 0.29) is 5.82 Å². The molecule has 4 N–H and O–H groups in total. The van der Waals surface area contributed by atoms with Gasteiger partial charge in [-0.1, -0.05) is 24.3 Å². The summed E-state index contributed by atoms with van der Waals surface area (Å²) in [4.78, 5) is 13.2. The summed E-state index contributed by atoms with van der Waals surface area (Å²) in [5.74, 6) is 1.41.